The number of rotatable bonds is 3. The fraction of sp³-hybridized carbons (Fsp3) is 0.333. The number of aliphatic carboxylic acids is 1. The maximum absolute atomic E-state index is 11.7. The summed E-state index contributed by atoms with van der Waals surface area (Å²) in [6.07, 6.45) is 0. The van der Waals surface area contributed by atoms with Gasteiger partial charge in [0, 0.05) is 4.90 Å². The number of amides is 1. The van der Waals surface area contributed by atoms with Gasteiger partial charge in [-0.2, -0.15) is 0 Å². The molecule has 1 aromatic carbocycles. The number of hydrogen-bond acceptors (Lipinski definition) is 4. The summed E-state index contributed by atoms with van der Waals surface area (Å²) in [6, 6.07) is 5.23. The van der Waals surface area contributed by atoms with E-state index in [1.54, 1.807) is 32.0 Å². The van der Waals surface area contributed by atoms with E-state index >= 15 is 0 Å². The van der Waals surface area contributed by atoms with Crippen LogP contribution in [0.2, 0.25) is 0 Å². The molecule has 0 unspecified atom stereocenters. The Hall–Kier alpha value is -1.69. The third kappa shape index (κ3) is 2.59. The molecule has 0 saturated carbocycles. The minimum Gasteiger partial charge on any atom is -0.481 e. The van der Waals surface area contributed by atoms with E-state index in [2.05, 4.69) is 5.32 Å². The van der Waals surface area contributed by atoms with E-state index in [-0.39, 0.29) is 11.7 Å². The highest BCUT2D eigenvalue weighted by atomic mass is 32.2. The third-order valence-corrected chi connectivity index (χ3v) is 3.45. The molecular formula is C12H13NO4S. The summed E-state index contributed by atoms with van der Waals surface area (Å²) in [5, 5.41) is 11.4. The van der Waals surface area contributed by atoms with Gasteiger partial charge in [-0.1, -0.05) is 0 Å². The molecule has 96 valence electrons. The molecule has 0 aromatic heterocycles. The van der Waals surface area contributed by atoms with Crippen molar-refractivity contribution in [1.82, 2.24) is 0 Å². The lowest BCUT2D eigenvalue weighted by Gasteiger charge is -2.31. The lowest BCUT2D eigenvalue weighted by Crippen LogP contribution is -2.45. The van der Waals surface area contributed by atoms with Crippen molar-refractivity contribution in [2.24, 2.45) is 0 Å². The predicted molar refractivity (Wildman–Crippen MR) is 68.1 cm³/mol. The second-order valence-electron chi connectivity index (χ2n) is 4.41. The second kappa shape index (κ2) is 4.53. The molecule has 0 aliphatic carbocycles. The molecule has 1 aliphatic rings. The van der Waals surface area contributed by atoms with Gasteiger partial charge in [-0.15, -0.1) is 11.8 Å². The Kier molecular flexibility index (Phi) is 3.21. The van der Waals surface area contributed by atoms with Crippen molar-refractivity contribution in [3.05, 3.63) is 18.2 Å². The Morgan fingerprint density at radius 3 is 2.89 bits per heavy atom. The van der Waals surface area contributed by atoms with Crippen LogP contribution in [0.5, 0.6) is 5.75 Å². The van der Waals surface area contributed by atoms with Crippen molar-refractivity contribution in [3.8, 4) is 5.75 Å². The highest BCUT2D eigenvalue weighted by Crippen LogP contribution is 2.36. The van der Waals surface area contributed by atoms with Gasteiger partial charge in [0.25, 0.3) is 5.91 Å². The Bertz CT molecular complexity index is 513. The van der Waals surface area contributed by atoms with Gasteiger partial charge in [-0.3, -0.25) is 9.59 Å². The Morgan fingerprint density at radius 1 is 1.50 bits per heavy atom. The lowest BCUT2D eigenvalue weighted by atomic mass is 10.1. The Morgan fingerprint density at radius 2 is 2.22 bits per heavy atom. The van der Waals surface area contributed by atoms with Crippen LogP contribution in [0.15, 0.2) is 23.1 Å². The van der Waals surface area contributed by atoms with Gasteiger partial charge in [0.15, 0.2) is 5.60 Å². The average Bonchev–Trinajstić information content (AvgIpc) is 2.27. The van der Waals surface area contributed by atoms with E-state index in [0.29, 0.717) is 11.4 Å². The van der Waals surface area contributed by atoms with E-state index < -0.39 is 11.6 Å². The number of thioether (sulfide) groups is 1. The van der Waals surface area contributed by atoms with E-state index in [9.17, 15) is 9.59 Å². The topological polar surface area (TPSA) is 75.6 Å². The van der Waals surface area contributed by atoms with Crippen LogP contribution >= 0.6 is 11.8 Å². The first kappa shape index (κ1) is 12.8. The van der Waals surface area contributed by atoms with Crippen molar-refractivity contribution < 1.29 is 19.4 Å². The first-order valence-corrected chi connectivity index (χ1v) is 6.36. The zero-order valence-corrected chi connectivity index (χ0v) is 10.8. The molecule has 0 atom stereocenters. The summed E-state index contributed by atoms with van der Waals surface area (Å²) in [7, 11) is 0. The quantitative estimate of drug-likeness (QED) is 0.819. The molecule has 5 nitrogen and oxygen atoms in total. The summed E-state index contributed by atoms with van der Waals surface area (Å²) in [5.74, 6) is -0.507. The summed E-state index contributed by atoms with van der Waals surface area (Å²) < 4.78 is 5.57. The van der Waals surface area contributed by atoms with Gasteiger partial charge in [-0.05, 0) is 32.0 Å². The molecule has 0 spiro atoms. The minimum atomic E-state index is -0.886. The van der Waals surface area contributed by atoms with Gasteiger partial charge in [0.1, 0.15) is 5.75 Å². The van der Waals surface area contributed by atoms with Crippen molar-refractivity contribution in [1.29, 1.82) is 0 Å². The van der Waals surface area contributed by atoms with Crippen LogP contribution in [0.4, 0.5) is 5.69 Å². The number of benzene rings is 1. The molecule has 1 heterocycles. The van der Waals surface area contributed by atoms with Crippen LogP contribution in [-0.4, -0.2) is 28.3 Å². The monoisotopic (exact) mass is 267 g/mol. The minimum absolute atomic E-state index is 0.0148. The second-order valence-corrected chi connectivity index (χ2v) is 5.46. The largest absolute Gasteiger partial charge is 0.481 e. The van der Waals surface area contributed by atoms with E-state index in [0.717, 1.165) is 4.90 Å². The standard InChI is InChI=1S/C12H13NO4S/c1-12(2)11(16)13-8-5-7(18-6-10(14)15)3-4-9(8)17-12/h3-5H,6H2,1-2H3,(H,13,16)(H,14,15). The summed E-state index contributed by atoms with van der Waals surface area (Å²) in [5.41, 5.74) is -0.308. The molecular weight excluding hydrogens is 254 g/mol. The smallest absolute Gasteiger partial charge is 0.313 e. The first-order chi connectivity index (χ1) is 8.38. The number of carboxylic acids is 1. The van der Waals surface area contributed by atoms with Crippen LogP contribution in [0.3, 0.4) is 0 Å². The van der Waals surface area contributed by atoms with Crippen LogP contribution in [0, 0.1) is 0 Å². The lowest BCUT2D eigenvalue weighted by molar-refractivity contribution is -0.134. The molecule has 1 amide bonds. The summed E-state index contributed by atoms with van der Waals surface area (Å²) in [4.78, 5) is 23.0. The highest BCUT2D eigenvalue weighted by molar-refractivity contribution is 8.00. The molecule has 0 radical (unpaired) electrons. The number of ether oxygens (including phenoxy) is 1. The predicted octanol–water partition coefficient (Wildman–Crippen LogP) is 1.97. The zero-order chi connectivity index (χ0) is 13.3. The van der Waals surface area contributed by atoms with Gasteiger partial charge in [-0.25, -0.2) is 0 Å². The SMILES string of the molecule is CC1(C)Oc2ccc(SCC(=O)O)cc2NC1=O. The Labute approximate surface area is 109 Å². The maximum Gasteiger partial charge on any atom is 0.313 e. The van der Waals surface area contributed by atoms with Gasteiger partial charge < -0.3 is 15.2 Å². The maximum atomic E-state index is 11.7. The van der Waals surface area contributed by atoms with Gasteiger partial charge in [0.05, 0.1) is 11.4 Å². The van der Waals surface area contributed by atoms with Crippen molar-refractivity contribution in [2.75, 3.05) is 11.1 Å². The number of carbonyl (C=O) groups excluding carboxylic acids is 1. The highest BCUT2D eigenvalue weighted by Gasteiger charge is 2.35. The summed E-state index contributed by atoms with van der Waals surface area (Å²) >= 11 is 1.20. The van der Waals surface area contributed by atoms with Crippen LogP contribution < -0.4 is 10.1 Å². The molecule has 1 aromatic rings. The molecule has 18 heavy (non-hydrogen) atoms. The van der Waals surface area contributed by atoms with Crippen molar-refractivity contribution in [2.45, 2.75) is 24.3 Å². The van der Waals surface area contributed by atoms with Crippen LogP contribution in [0.1, 0.15) is 13.8 Å². The normalized spacial score (nSPS) is 16.4. The molecule has 2 rings (SSSR count). The molecule has 2 N–H and O–H groups in total. The number of nitrogens with one attached hydrogen (secondary N) is 1. The van der Waals surface area contributed by atoms with Crippen LogP contribution in [0.25, 0.3) is 0 Å². The number of anilines is 1. The zero-order valence-electron chi connectivity index (χ0n) is 10.0. The first-order valence-electron chi connectivity index (χ1n) is 5.37. The molecule has 0 fully saturated rings. The van der Waals surface area contributed by atoms with Crippen molar-refractivity contribution in [3.63, 3.8) is 0 Å². The molecule has 0 bridgehead atoms. The molecule has 6 heteroatoms. The van der Waals surface area contributed by atoms with E-state index in [1.165, 1.54) is 11.8 Å². The van der Waals surface area contributed by atoms with Gasteiger partial charge in [0.2, 0.25) is 0 Å². The van der Waals surface area contributed by atoms with E-state index in [4.69, 9.17) is 9.84 Å². The number of fused-ring (bicyclic) bond motifs is 1. The fourth-order valence-electron chi connectivity index (χ4n) is 1.52. The molecule has 0 saturated heterocycles. The van der Waals surface area contributed by atoms with Crippen molar-refractivity contribution >= 4 is 29.3 Å². The Balaban J connectivity index is 2.21. The number of hydrogen-bond donors (Lipinski definition) is 2. The fourth-order valence-corrected chi connectivity index (χ4v) is 2.18. The van der Waals surface area contributed by atoms with Crippen LogP contribution in [-0.2, 0) is 9.59 Å². The molecule has 1 aliphatic heterocycles. The number of carboxylic acid groups (broad SMARTS) is 1. The third-order valence-electron chi connectivity index (χ3n) is 2.47. The summed E-state index contributed by atoms with van der Waals surface area (Å²) in [6.45, 7) is 3.39. The van der Waals surface area contributed by atoms with Gasteiger partial charge >= 0.3 is 5.97 Å². The van der Waals surface area contributed by atoms with E-state index in [1.807, 2.05) is 0 Å². The average molecular weight is 267 g/mol. The number of carbonyl (C=O) groups is 2.